The van der Waals surface area contributed by atoms with Gasteiger partial charge in [0.25, 0.3) is 5.91 Å². The highest BCUT2D eigenvalue weighted by atomic mass is 35.5. The fourth-order valence-corrected chi connectivity index (χ4v) is 6.80. The number of ether oxygens (including phenoxy) is 1. The average molecular weight is 653 g/mol. The van der Waals surface area contributed by atoms with Crippen molar-refractivity contribution < 1.29 is 29.3 Å². The van der Waals surface area contributed by atoms with Crippen molar-refractivity contribution >= 4 is 46.8 Å². The summed E-state index contributed by atoms with van der Waals surface area (Å²) in [6.45, 7) is 1.01. The molecule has 0 saturated carbocycles. The molecule has 3 amide bonds. The van der Waals surface area contributed by atoms with Crippen LogP contribution in [0.25, 0.3) is 22.4 Å². The first-order valence-corrected chi connectivity index (χ1v) is 15.1. The van der Waals surface area contributed by atoms with Gasteiger partial charge in [0.15, 0.2) is 6.23 Å². The smallest absolute Gasteiger partial charge is 0.325 e. The van der Waals surface area contributed by atoms with Crippen molar-refractivity contribution in [1.82, 2.24) is 19.7 Å². The van der Waals surface area contributed by atoms with E-state index in [0.717, 1.165) is 28.9 Å². The second-order valence-electron chi connectivity index (χ2n) is 11.4. The van der Waals surface area contributed by atoms with E-state index in [1.165, 1.54) is 25.2 Å². The van der Waals surface area contributed by atoms with Crippen molar-refractivity contribution in [3.63, 3.8) is 0 Å². The number of likely N-dealkylation sites (N-methyl/N-ethyl adjacent to an activating group) is 1. The summed E-state index contributed by atoms with van der Waals surface area (Å²) >= 11 is 13.8. The van der Waals surface area contributed by atoms with Crippen molar-refractivity contribution in [2.45, 2.75) is 25.1 Å². The SMILES string of the molecule is COc1nc(-c2cccc(-c3cccc(NC(=O)C4=CN(C)C(=O)N(C)C4O)c3Cl)c2Cl)cc2c1[C@H](N1CC(C(=O)O)C1)CC2. The van der Waals surface area contributed by atoms with Gasteiger partial charge in [-0.05, 0) is 30.5 Å². The van der Waals surface area contributed by atoms with E-state index in [2.05, 4.69) is 10.2 Å². The van der Waals surface area contributed by atoms with Gasteiger partial charge >= 0.3 is 12.0 Å². The van der Waals surface area contributed by atoms with Gasteiger partial charge in [0, 0.05) is 61.7 Å². The van der Waals surface area contributed by atoms with E-state index >= 15 is 0 Å². The molecule has 1 saturated heterocycles. The van der Waals surface area contributed by atoms with Gasteiger partial charge in [-0.25, -0.2) is 9.78 Å². The van der Waals surface area contributed by atoms with Crippen LogP contribution >= 0.6 is 23.2 Å². The van der Waals surface area contributed by atoms with Gasteiger partial charge in [-0.3, -0.25) is 19.4 Å². The molecular weight excluding hydrogens is 621 g/mol. The first-order valence-electron chi connectivity index (χ1n) is 14.3. The highest BCUT2D eigenvalue weighted by Crippen LogP contribution is 2.46. The minimum absolute atomic E-state index is 0.0178. The fourth-order valence-electron chi connectivity index (χ4n) is 6.20. The van der Waals surface area contributed by atoms with Gasteiger partial charge in [0.05, 0.1) is 40.0 Å². The molecule has 1 unspecified atom stereocenters. The van der Waals surface area contributed by atoms with Crippen LogP contribution in [0.15, 0.2) is 54.2 Å². The number of aliphatic hydroxyl groups excluding tert-OH is 1. The average Bonchev–Trinajstić information content (AvgIpc) is 3.41. The van der Waals surface area contributed by atoms with E-state index in [0.29, 0.717) is 52.1 Å². The van der Waals surface area contributed by atoms with Crippen molar-refractivity contribution in [3.8, 4) is 28.3 Å². The predicted octanol–water partition coefficient (Wildman–Crippen LogP) is 4.87. The Kier molecular flexibility index (Phi) is 8.21. The number of benzene rings is 2. The zero-order valence-electron chi connectivity index (χ0n) is 24.8. The molecule has 3 aromatic rings. The van der Waals surface area contributed by atoms with E-state index in [4.69, 9.17) is 32.9 Å². The molecular formula is C32H31Cl2N5O6. The summed E-state index contributed by atoms with van der Waals surface area (Å²) in [6.07, 6.45) is 1.52. The third-order valence-electron chi connectivity index (χ3n) is 8.68. The van der Waals surface area contributed by atoms with E-state index in [9.17, 15) is 24.6 Å². The number of likely N-dealkylation sites (tertiary alicyclic amines) is 1. The summed E-state index contributed by atoms with van der Waals surface area (Å²) in [5.74, 6) is -1.24. The molecule has 6 rings (SSSR count). The molecule has 3 aliphatic rings. The number of halogens is 2. The molecule has 1 aromatic heterocycles. The number of nitrogens with zero attached hydrogens (tertiary/aromatic N) is 4. The third kappa shape index (κ3) is 5.39. The van der Waals surface area contributed by atoms with Gasteiger partial charge in [-0.15, -0.1) is 0 Å². The Morgan fingerprint density at radius 3 is 2.40 bits per heavy atom. The summed E-state index contributed by atoms with van der Waals surface area (Å²) in [5.41, 5.74) is 4.86. The number of urea groups is 1. The van der Waals surface area contributed by atoms with Gasteiger partial charge in [-0.1, -0.05) is 53.5 Å². The Hall–Kier alpha value is -4.16. The van der Waals surface area contributed by atoms with Crippen molar-refractivity contribution in [2.24, 2.45) is 5.92 Å². The number of carboxylic acid groups (broad SMARTS) is 1. The number of nitrogens with one attached hydrogen (secondary N) is 1. The molecule has 0 radical (unpaired) electrons. The number of aromatic nitrogens is 1. The number of rotatable bonds is 7. The number of amides is 3. The summed E-state index contributed by atoms with van der Waals surface area (Å²) < 4.78 is 5.74. The van der Waals surface area contributed by atoms with Crippen LogP contribution in [0.3, 0.4) is 0 Å². The molecule has 3 heterocycles. The second kappa shape index (κ2) is 12.0. The van der Waals surface area contributed by atoms with E-state index < -0.39 is 24.1 Å². The summed E-state index contributed by atoms with van der Waals surface area (Å²) in [5, 5.41) is 23.2. The van der Waals surface area contributed by atoms with Crippen LogP contribution in [0.5, 0.6) is 5.88 Å². The van der Waals surface area contributed by atoms with Crippen LogP contribution in [0.4, 0.5) is 10.5 Å². The van der Waals surface area contributed by atoms with Gasteiger partial charge in [0.1, 0.15) is 0 Å². The fraction of sp³-hybridized carbons (Fsp3) is 0.312. The molecule has 3 N–H and O–H groups in total. The molecule has 2 atom stereocenters. The van der Waals surface area contributed by atoms with Gasteiger partial charge < -0.3 is 25.2 Å². The number of hydrogen-bond donors (Lipinski definition) is 3. The van der Waals surface area contributed by atoms with E-state index in [-0.39, 0.29) is 22.6 Å². The minimum atomic E-state index is -1.42. The number of aliphatic hydroxyl groups is 1. The summed E-state index contributed by atoms with van der Waals surface area (Å²) in [7, 11) is 4.47. The normalized spacial score (nSPS) is 20.0. The zero-order chi connectivity index (χ0) is 32.2. The third-order valence-corrected chi connectivity index (χ3v) is 9.49. The minimum Gasteiger partial charge on any atom is -0.481 e. The topological polar surface area (TPSA) is 136 Å². The number of fused-ring (bicyclic) bond motifs is 1. The highest BCUT2D eigenvalue weighted by Gasteiger charge is 2.41. The van der Waals surface area contributed by atoms with Crippen LogP contribution in [0.2, 0.25) is 10.0 Å². The molecule has 11 nitrogen and oxygen atoms in total. The molecule has 2 aromatic carbocycles. The van der Waals surface area contributed by atoms with Crippen LogP contribution in [0, 0.1) is 5.92 Å². The number of anilines is 1. The number of methoxy groups -OCH3 is 1. The van der Waals surface area contributed by atoms with Gasteiger partial charge in [-0.2, -0.15) is 0 Å². The maximum atomic E-state index is 13.1. The predicted molar refractivity (Wildman–Crippen MR) is 169 cm³/mol. The van der Waals surface area contributed by atoms with Crippen LogP contribution in [-0.2, 0) is 16.0 Å². The Labute approximate surface area is 269 Å². The lowest BCUT2D eigenvalue weighted by molar-refractivity contribution is -0.148. The molecule has 0 bridgehead atoms. The first-order chi connectivity index (χ1) is 21.5. The molecule has 1 fully saturated rings. The van der Waals surface area contributed by atoms with Crippen molar-refractivity contribution in [3.05, 3.63) is 75.4 Å². The number of carbonyl (C=O) groups is 3. The van der Waals surface area contributed by atoms with E-state index in [1.807, 2.05) is 24.3 Å². The second-order valence-corrected chi connectivity index (χ2v) is 12.1. The van der Waals surface area contributed by atoms with Crippen LogP contribution in [-0.4, -0.2) is 88.3 Å². The molecule has 45 heavy (non-hydrogen) atoms. The van der Waals surface area contributed by atoms with Gasteiger partial charge in [0.2, 0.25) is 5.88 Å². The molecule has 0 spiro atoms. The quantitative estimate of drug-likeness (QED) is 0.329. The zero-order valence-corrected chi connectivity index (χ0v) is 26.3. The first kappa shape index (κ1) is 30.8. The van der Waals surface area contributed by atoms with Crippen LogP contribution < -0.4 is 10.1 Å². The molecule has 234 valence electrons. The monoisotopic (exact) mass is 651 g/mol. The lowest BCUT2D eigenvalue weighted by Crippen LogP contribution is -2.51. The van der Waals surface area contributed by atoms with Crippen molar-refractivity contribution in [2.75, 3.05) is 39.6 Å². The number of aliphatic carboxylic acids is 1. The number of pyridine rings is 1. The largest absolute Gasteiger partial charge is 0.481 e. The highest BCUT2D eigenvalue weighted by molar-refractivity contribution is 6.39. The van der Waals surface area contributed by atoms with E-state index in [1.54, 1.807) is 25.3 Å². The summed E-state index contributed by atoms with van der Waals surface area (Å²) in [6, 6.07) is 12.3. The standard InChI is InChI=1S/C32H31Cl2N5O6/c1-37-15-21(30(41)38(2)32(37)44)28(40)35-22-9-5-7-19(27(22)34)18-6-4-8-20(26(18)33)23-12-16-10-11-24(25(16)29(36-23)45-3)39-13-17(14-39)31(42)43/h4-9,12,15,17,24,30,41H,10-11,13-14H2,1-3H3,(H,35,40)(H,42,43)/t24-,30?/m1/s1. The molecule has 2 aliphatic heterocycles. The van der Waals surface area contributed by atoms with Crippen LogP contribution in [0.1, 0.15) is 23.6 Å². The lowest BCUT2D eigenvalue weighted by Gasteiger charge is -2.41. The molecule has 13 heteroatoms. The maximum Gasteiger partial charge on any atom is 0.325 e. The Balaban J connectivity index is 1.30. The lowest BCUT2D eigenvalue weighted by atomic mass is 9.95. The molecule has 1 aliphatic carbocycles. The summed E-state index contributed by atoms with van der Waals surface area (Å²) in [4.78, 5) is 45.8. The Bertz CT molecular complexity index is 1760. The van der Waals surface area contributed by atoms with Crippen molar-refractivity contribution in [1.29, 1.82) is 0 Å². The maximum absolute atomic E-state index is 13.1. The number of hydrogen-bond acceptors (Lipinski definition) is 7. The number of aryl methyl sites for hydroxylation is 1. The Morgan fingerprint density at radius 2 is 1.71 bits per heavy atom. The Morgan fingerprint density at radius 1 is 1.04 bits per heavy atom. The number of carbonyl (C=O) groups excluding carboxylic acids is 2. The number of carboxylic acids is 1.